The van der Waals surface area contributed by atoms with Crippen molar-refractivity contribution in [3.05, 3.63) is 22.2 Å². The second-order valence-electron chi connectivity index (χ2n) is 5.26. The van der Waals surface area contributed by atoms with Crippen molar-refractivity contribution in [1.29, 1.82) is 0 Å². The fourth-order valence-corrected chi connectivity index (χ4v) is 3.20. The SMILES string of the molecule is Cc1cc(N2CCC(CC(N)=O)CC2)c(Br)cc1N. The molecule has 0 saturated carbocycles. The molecule has 0 aromatic heterocycles. The first-order valence-electron chi connectivity index (χ1n) is 6.56. The number of carbonyl (C=O) groups is 1. The number of aryl methyl sites for hydroxylation is 1. The molecule has 0 spiro atoms. The molecule has 19 heavy (non-hydrogen) atoms. The van der Waals surface area contributed by atoms with E-state index in [0.717, 1.165) is 41.7 Å². The first-order valence-corrected chi connectivity index (χ1v) is 7.35. The maximum absolute atomic E-state index is 10.9. The lowest BCUT2D eigenvalue weighted by molar-refractivity contribution is -0.119. The van der Waals surface area contributed by atoms with E-state index in [9.17, 15) is 4.79 Å². The van der Waals surface area contributed by atoms with Crippen LogP contribution in [0.1, 0.15) is 24.8 Å². The molecule has 5 heteroatoms. The summed E-state index contributed by atoms with van der Waals surface area (Å²) in [6, 6.07) is 4.08. The van der Waals surface area contributed by atoms with Crippen LogP contribution in [0.4, 0.5) is 11.4 Å². The number of nitrogens with zero attached hydrogens (tertiary/aromatic N) is 1. The monoisotopic (exact) mass is 325 g/mol. The summed E-state index contributed by atoms with van der Waals surface area (Å²) in [5, 5.41) is 0. The van der Waals surface area contributed by atoms with Crippen LogP contribution in [0.25, 0.3) is 0 Å². The Morgan fingerprint density at radius 1 is 1.42 bits per heavy atom. The fraction of sp³-hybridized carbons (Fsp3) is 0.500. The van der Waals surface area contributed by atoms with Gasteiger partial charge in [-0.2, -0.15) is 0 Å². The van der Waals surface area contributed by atoms with Crippen LogP contribution in [0.2, 0.25) is 0 Å². The zero-order valence-corrected chi connectivity index (χ0v) is 12.7. The summed E-state index contributed by atoms with van der Waals surface area (Å²) < 4.78 is 1.03. The van der Waals surface area contributed by atoms with Crippen LogP contribution in [-0.2, 0) is 4.79 Å². The molecule has 1 aliphatic rings. The van der Waals surface area contributed by atoms with Gasteiger partial charge in [-0.05, 0) is 59.3 Å². The number of halogens is 1. The van der Waals surface area contributed by atoms with Crippen LogP contribution in [0.3, 0.4) is 0 Å². The zero-order valence-electron chi connectivity index (χ0n) is 11.2. The fourth-order valence-electron chi connectivity index (χ4n) is 2.59. The van der Waals surface area contributed by atoms with E-state index in [-0.39, 0.29) is 5.91 Å². The molecular formula is C14H20BrN3O. The van der Waals surface area contributed by atoms with Gasteiger partial charge in [-0.15, -0.1) is 0 Å². The number of hydrogen-bond acceptors (Lipinski definition) is 3. The van der Waals surface area contributed by atoms with Gasteiger partial charge in [-0.3, -0.25) is 4.79 Å². The third-order valence-corrected chi connectivity index (χ3v) is 4.42. The molecule has 1 fully saturated rings. The number of benzene rings is 1. The molecule has 0 radical (unpaired) electrons. The zero-order chi connectivity index (χ0) is 14.0. The van der Waals surface area contributed by atoms with Crippen molar-refractivity contribution < 1.29 is 4.79 Å². The topological polar surface area (TPSA) is 72.3 Å². The summed E-state index contributed by atoms with van der Waals surface area (Å²) in [6.45, 7) is 3.94. The van der Waals surface area contributed by atoms with Gasteiger partial charge in [0.05, 0.1) is 5.69 Å². The number of nitrogen functional groups attached to an aromatic ring is 1. The summed E-state index contributed by atoms with van der Waals surface area (Å²) in [7, 11) is 0. The lowest BCUT2D eigenvalue weighted by Gasteiger charge is -2.34. The standard InChI is InChI=1S/C14H20BrN3O/c1-9-6-13(11(15)8-12(9)16)18-4-2-10(3-5-18)7-14(17)19/h6,8,10H,2-5,7,16H2,1H3,(H2,17,19). The van der Waals surface area contributed by atoms with Crippen molar-refractivity contribution >= 4 is 33.2 Å². The predicted octanol–water partition coefficient (Wildman–Crippen LogP) is 2.43. The highest BCUT2D eigenvalue weighted by Crippen LogP contribution is 2.33. The molecule has 1 aromatic carbocycles. The van der Waals surface area contributed by atoms with Crippen molar-refractivity contribution in [3.63, 3.8) is 0 Å². The summed E-state index contributed by atoms with van der Waals surface area (Å²) >= 11 is 3.58. The van der Waals surface area contributed by atoms with Gasteiger partial charge in [0, 0.05) is 29.7 Å². The number of hydrogen-bond donors (Lipinski definition) is 2. The molecular weight excluding hydrogens is 306 g/mol. The number of nitrogens with two attached hydrogens (primary N) is 2. The number of amides is 1. The molecule has 2 rings (SSSR count). The lowest BCUT2D eigenvalue weighted by Crippen LogP contribution is -2.35. The number of primary amides is 1. The lowest BCUT2D eigenvalue weighted by atomic mass is 9.93. The van der Waals surface area contributed by atoms with Gasteiger partial charge < -0.3 is 16.4 Å². The largest absolute Gasteiger partial charge is 0.398 e. The van der Waals surface area contributed by atoms with Crippen LogP contribution in [0, 0.1) is 12.8 Å². The molecule has 0 unspecified atom stereocenters. The minimum absolute atomic E-state index is 0.192. The summed E-state index contributed by atoms with van der Waals surface area (Å²) in [5.41, 5.74) is 14.2. The second-order valence-corrected chi connectivity index (χ2v) is 6.12. The Labute approximate surface area is 122 Å². The Balaban J connectivity index is 2.05. The summed E-state index contributed by atoms with van der Waals surface area (Å²) in [5.74, 6) is 0.241. The van der Waals surface area contributed by atoms with Crippen LogP contribution in [0.15, 0.2) is 16.6 Å². The van der Waals surface area contributed by atoms with E-state index >= 15 is 0 Å². The van der Waals surface area contributed by atoms with Gasteiger partial charge in [-0.25, -0.2) is 0 Å². The number of piperidine rings is 1. The molecule has 4 N–H and O–H groups in total. The molecule has 0 bridgehead atoms. The average molecular weight is 326 g/mol. The number of carbonyl (C=O) groups excluding carboxylic acids is 1. The molecule has 4 nitrogen and oxygen atoms in total. The van der Waals surface area contributed by atoms with Crippen molar-refractivity contribution in [2.24, 2.45) is 11.7 Å². The van der Waals surface area contributed by atoms with E-state index in [2.05, 4.69) is 26.9 Å². The van der Waals surface area contributed by atoms with Crippen molar-refractivity contribution in [2.45, 2.75) is 26.2 Å². The van der Waals surface area contributed by atoms with E-state index in [1.54, 1.807) is 0 Å². The van der Waals surface area contributed by atoms with E-state index in [1.165, 1.54) is 5.69 Å². The van der Waals surface area contributed by atoms with Gasteiger partial charge >= 0.3 is 0 Å². The quantitative estimate of drug-likeness (QED) is 0.838. The highest BCUT2D eigenvalue weighted by atomic mass is 79.9. The van der Waals surface area contributed by atoms with E-state index in [1.807, 2.05) is 13.0 Å². The molecule has 0 atom stereocenters. The molecule has 104 valence electrons. The highest BCUT2D eigenvalue weighted by Gasteiger charge is 2.22. The molecule has 1 saturated heterocycles. The molecule has 1 aromatic rings. The van der Waals surface area contributed by atoms with E-state index in [4.69, 9.17) is 11.5 Å². The predicted molar refractivity (Wildman–Crippen MR) is 82.0 cm³/mol. The van der Waals surface area contributed by atoms with Gasteiger partial charge in [-0.1, -0.05) is 0 Å². The first kappa shape index (κ1) is 14.2. The maximum atomic E-state index is 10.9. The Hall–Kier alpha value is -1.23. The van der Waals surface area contributed by atoms with Crippen LogP contribution in [0.5, 0.6) is 0 Å². The van der Waals surface area contributed by atoms with Gasteiger partial charge in [0.2, 0.25) is 5.91 Å². The molecule has 1 amide bonds. The Kier molecular flexibility index (Phi) is 4.34. The Morgan fingerprint density at radius 2 is 2.05 bits per heavy atom. The minimum atomic E-state index is -0.192. The number of rotatable bonds is 3. The Morgan fingerprint density at radius 3 is 2.63 bits per heavy atom. The molecule has 0 aliphatic carbocycles. The summed E-state index contributed by atoms with van der Waals surface area (Å²) in [4.78, 5) is 13.3. The van der Waals surface area contributed by atoms with Crippen LogP contribution < -0.4 is 16.4 Å². The Bertz CT molecular complexity index is 482. The highest BCUT2D eigenvalue weighted by molar-refractivity contribution is 9.10. The maximum Gasteiger partial charge on any atom is 0.217 e. The average Bonchev–Trinajstić information content (AvgIpc) is 2.34. The number of anilines is 2. The van der Waals surface area contributed by atoms with Gasteiger partial charge in [0.15, 0.2) is 0 Å². The third-order valence-electron chi connectivity index (χ3n) is 3.78. The molecule has 1 heterocycles. The van der Waals surface area contributed by atoms with Crippen LogP contribution in [-0.4, -0.2) is 19.0 Å². The van der Waals surface area contributed by atoms with Crippen molar-refractivity contribution in [3.8, 4) is 0 Å². The van der Waals surface area contributed by atoms with Crippen LogP contribution >= 0.6 is 15.9 Å². The molecule has 1 aliphatic heterocycles. The van der Waals surface area contributed by atoms with E-state index in [0.29, 0.717) is 12.3 Å². The van der Waals surface area contributed by atoms with E-state index < -0.39 is 0 Å². The third kappa shape index (κ3) is 3.41. The van der Waals surface area contributed by atoms with Gasteiger partial charge in [0.1, 0.15) is 0 Å². The van der Waals surface area contributed by atoms with Gasteiger partial charge in [0.25, 0.3) is 0 Å². The first-order chi connectivity index (χ1) is 8.97. The summed E-state index contributed by atoms with van der Waals surface area (Å²) in [6.07, 6.45) is 2.54. The smallest absolute Gasteiger partial charge is 0.217 e. The normalized spacial score (nSPS) is 16.6. The second kappa shape index (κ2) is 5.82. The minimum Gasteiger partial charge on any atom is -0.398 e. The van der Waals surface area contributed by atoms with Crippen molar-refractivity contribution in [2.75, 3.05) is 23.7 Å². The van der Waals surface area contributed by atoms with Crippen molar-refractivity contribution in [1.82, 2.24) is 0 Å².